The normalized spacial score (nSPS) is 28.1. The van der Waals surface area contributed by atoms with Crippen LogP contribution in [0.25, 0.3) is 0 Å². The van der Waals surface area contributed by atoms with Crippen molar-refractivity contribution >= 4 is 5.91 Å². The van der Waals surface area contributed by atoms with Crippen LogP contribution in [0, 0.1) is 5.92 Å². The van der Waals surface area contributed by atoms with Crippen LogP contribution in [0.3, 0.4) is 0 Å². The number of aliphatic hydroxyl groups is 1. The van der Waals surface area contributed by atoms with Crippen LogP contribution in [0.5, 0.6) is 5.75 Å². The molecule has 1 saturated carbocycles. The lowest BCUT2D eigenvalue weighted by Crippen LogP contribution is -2.51. The average Bonchev–Trinajstić information content (AvgIpc) is 2.76. The molecule has 1 aromatic rings. The molecule has 122 valence electrons. The zero-order chi connectivity index (χ0) is 16.3. The van der Waals surface area contributed by atoms with Crippen LogP contribution < -0.4 is 10.1 Å². The van der Waals surface area contributed by atoms with E-state index in [9.17, 15) is 9.90 Å². The van der Waals surface area contributed by atoms with E-state index in [-0.39, 0.29) is 30.0 Å². The van der Waals surface area contributed by atoms with E-state index in [1.165, 1.54) is 0 Å². The van der Waals surface area contributed by atoms with Crippen molar-refractivity contribution in [1.29, 1.82) is 0 Å². The van der Waals surface area contributed by atoms with Crippen LogP contribution in [0.15, 0.2) is 30.3 Å². The number of nitrogens with one attached hydrogen (secondary N) is 1. The van der Waals surface area contributed by atoms with Gasteiger partial charge in [0.2, 0.25) is 5.91 Å². The van der Waals surface area contributed by atoms with E-state index in [0.717, 1.165) is 5.75 Å². The molecule has 1 aliphatic carbocycles. The van der Waals surface area contributed by atoms with Gasteiger partial charge in [-0.1, -0.05) is 32.0 Å². The van der Waals surface area contributed by atoms with Crippen molar-refractivity contribution in [3.8, 4) is 5.75 Å². The molecule has 1 aliphatic rings. The number of nitrogens with zero attached hydrogens (tertiary/aromatic N) is 1. The number of aliphatic hydroxyl groups excluding tert-OH is 1. The number of hydrogen-bond acceptors (Lipinski definition) is 4. The first-order chi connectivity index (χ1) is 10.4. The Hall–Kier alpha value is -1.59. The highest BCUT2D eigenvalue weighted by molar-refractivity contribution is 5.78. The fraction of sp³-hybridized carbons (Fsp3) is 0.588. The van der Waals surface area contributed by atoms with Gasteiger partial charge < -0.3 is 20.1 Å². The predicted octanol–water partition coefficient (Wildman–Crippen LogP) is 1.27. The monoisotopic (exact) mass is 306 g/mol. The number of carbonyl (C=O) groups excluding carboxylic acids is 1. The fourth-order valence-corrected chi connectivity index (χ4v) is 2.94. The number of benzene rings is 1. The van der Waals surface area contributed by atoms with Gasteiger partial charge in [-0.05, 0) is 26.2 Å². The number of likely N-dealkylation sites (N-methyl/N-ethyl adjacent to an activating group) is 1. The van der Waals surface area contributed by atoms with E-state index >= 15 is 0 Å². The quantitative estimate of drug-likeness (QED) is 0.860. The molecule has 0 spiro atoms. The molecular formula is C17H26N2O3. The van der Waals surface area contributed by atoms with Crippen molar-refractivity contribution in [1.82, 2.24) is 10.2 Å². The molecule has 2 N–H and O–H groups in total. The van der Waals surface area contributed by atoms with Gasteiger partial charge in [0.05, 0.1) is 12.1 Å². The van der Waals surface area contributed by atoms with Gasteiger partial charge in [0.1, 0.15) is 18.0 Å². The topological polar surface area (TPSA) is 61.8 Å². The van der Waals surface area contributed by atoms with Crippen molar-refractivity contribution in [2.24, 2.45) is 5.92 Å². The van der Waals surface area contributed by atoms with Gasteiger partial charge in [0, 0.05) is 12.3 Å². The number of ether oxygens (including phenoxy) is 1. The average molecular weight is 306 g/mol. The van der Waals surface area contributed by atoms with Crippen molar-refractivity contribution in [3.63, 3.8) is 0 Å². The third-order valence-corrected chi connectivity index (χ3v) is 4.11. The summed E-state index contributed by atoms with van der Waals surface area (Å²) >= 11 is 0. The molecule has 0 radical (unpaired) electrons. The maximum absolute atomic E-state index is 12.0. The Kier molecular flexibility index (Phi) is 5.42. The summed E-state index contributed by atoms with van der Waals surface area (Å²) in [6.07, 6.45) is -0.378. The third-order valence-electron chi connectivity index (χ3n) is 4.11. The molecule has 0 bridgehead atoms. The van der Waals surface area contributed by atoms with Crippen LogP contribution in [0.2, 0.25) is 0 Å². The van der Waals surface area contributed by atoms with E-state index in [4.69, 9.17) is 4.74 Å². The fourth-order valence-electron chi connectivity index (χ4n) is 2.94. The lowest BCUT2D eigenvalue weighted by atomic mass is 10.1. The maximum atomic E-state index is 12.0. The number of amides is 1. The van der Waals surface area contributed by atoms with Crippen LogP contribution in [0.1, 0.15) is 20.3 Å². The molecule has 4 atom stereocenters. The molecule has 0 heterocycles. The van der Waals surface area contributed by atoms with Crippen LogP contribution in [0.4, 0.5) is 0 Å². The lowest BCUT2D eigenvalue weighted by Gasteiger charge is -2.29. The second-order valence-corrected chi connectivity index (χ2v) is 6.42. The van der Waals surface area contributed by atoms with Crippen molar-refractivity contribution in [2.45, 2.75) is 44.6 Å². The molecule has 0 unspecified atom stereocenters. The Morgan fingerprint density at radius 1 is 1.32 bits per heavy atom. The molecular weight excluding hydrogens is 280 g/mol. The Bertz CT molecular complexity index is 490. The third kappa shape index (κ3) is 3.78. The van der Waals surface area contributed by atoms with E-state index in [2.05, 4.69) is 5.32 Å². The molecule has 5 nitrogen and oxygen atoms in total. The molecule has 0 aromatic heterocycles. The number of hydrogen-bond donors (Lipinski definition) is 2. The van der Waals surface area contributed by atoms with Crippen LogP contribution in [-0.2, 0) is 4.79 Å². The van der Waals surface area contributed by atoms with Gasteiger partial charge in [0.15, 0.2) is 0 Å². The minimum absolute atomic E-state index is 0.00408. The van der Waals surface area contributed by atoms with Gasteiger partial charge in [-0.15, -0.1) is 0 Å². The number of carbonyl (C=O) groups is 1. The summed E-state index contributed by atoms with van der Waals surface area (Å²) in [4.78, 5) is 13.9. The SMILES string of the molecule is CC(C)C(=O)N[C@@H]1C[C@@H](Oc2ccccc2)[C@H](O)[C@H]1N(C)C. The highest BCUT2D eigenvalue weighted by Crippen LogP contribution is 2.28. The summed E-state index contributed by atoms with van der Waals surface area (Å²) in [7, 11) is 3.82. The molecule has 0 saturated heterocycles. The summed E-state index contributed by atoms with van der Waals surface area (Å²) in [5.74, 6) is 0.665. The molecule has 1 aromatic carbocycles. The molecule has 5 heteroatoms. The van der Waals surface area contributed by atoms with Crippen molar-refractivity contribution < 1.29 is 14.6 Å². The van der Waals surface area contributed by atoms with E-state index in [1.807, 2.05) is 63.2 Å². The summed E-state index contributed by atoms with van der Waals surface area (Å²) in [5.41, 5.74) is 0. The minimum Gasteiger partial charge on any atom is -0.488 e. The smallest absolute Gasteiger partial charge is 0.222 e. The van der Waals surface area contributed by atoms with Crippen LogP contribution >= 0.6 is 0 Å². The van der Waals surface area contributed by atoms with Crippen molar-refractivity contribution in [3.05, 3.63) is 30.3 Å². The van der Waals surface area contributed by atoms with E-state index in [1.54, 1.807) is 0 Å². The Labute approximate surface area is 132 Å². The lowest BCUT2D eigenvalue weighted by molar-refractivity contribution is -0.125. The first kappa shape index (κ1) is 16.8. The second kappa shape index (κ2) is 7.11. The zero-order valence-corrected chi connectivity index (χ0v) is 13.7. The Morgan fingerprint density at radius 3 is 2.50 bits per heavy atom. The summed E-state index contributed by atoms with van der Waals surface area (Å²) < 4.78 is 5.91. The largest absolute Gasteiger partial charge is 0.488 e. The predicted molar refractivity (Wildman–Crippen MR) is 85.7 cm³/mol. The zero-order valence-electron chi connectivity index (χ0n) is 13.7. The highest BCUT2D eigenvalue weighted by atomic mass is 16.5. The first-order valence-electron chi connectivity index (χ1n) is 7.76. The van der Waals surface area contributed by atoms with E-state index in [0.29, 0.717) is 6.42 Å². The standard InChI is InChI=1S/C17H26N2O3/c1-11(2)17(21)18-13-10-14(16(20)15(13)19(3)4)22-12-8-6-5-7-9-12/h5-9,11,13-16,20H,10H2,1-4H3,(H,18,21)/t13-,14-,15+,16+/m1/s1. The minimum atomic E-state index is -0.646. The van der Waals surface area contributed by atoms with Gasteiger partial charge >= 0.3 is 0 Å². The molecule has 2 rings (SSSR count). The molecule has 22 heavy (non-hydrogen) atoms. The van der Waals surface area contributed by atoms with Gasteiger partial charge in [-0.3, -0.25) is 4.79 Å². The van der Waals surface area contributed by atoms with Gasteiger partial charge in [0.25, 0.3) is 0 Å². The summed E-state index contributed by atoms with van der Waals surface area (Å²) in [5, 5.41) is 13.6. The Morgan fingerprint density at radius 2 is 1.95 bits per heavy atom. The second-order valence-electron chi connectivity index (χ2n) is 6.42. The maximum Gasteiger partial charge on any atom is 0.222 e. The number of rotatable bonds is 5. The van der Waals surface area contributed by atoms with Crippen LogP contribution in [-0.4, -0.2) is 54.3 Å². The number of para-hydroxylation sites is 1. The van der Waals surface area contributed by atoms with Gasteiger partial charge in [-0.25, -0.2) is 0 Å². The molecule has 1 amide bonds. The van der Waals surface area contributed by atoms with Crippen molar-refractivity contribution in [2.75, 3.05) is 14.1 Å². The molecule has 1 fully saturated rings. The van der Waals surface area contributed by atoms with Gasteiger partial charge in [-0.2, -0.15) is 0 Å². The highest BCUT2D eigenvalue weighted by Gasteiger charge is 2.45. The Balaban J connectivity index is 2.09. The molecule has 0 aliphatic heterocycles. The summed E-state index contributed by atoms with van der Waals surface area (Å²) in [6, 6.07) is 9.20. The van der Waals surface area contributed by atoms with E-state index < -0.39 is 6.10 Å². The first-order valence-corrected chi connectivity index (χ1v) is 7.76. The summed E-state index contributed by atoms with van der Waals surface area (Å²) in [6.45, 7) is 3.73.